The van der Waals surface area contributed by atoms with E-state index >= 15 is 0 Å². The van der Waals surface area contributed by atoms with Gasteiger partial charge in [-0.25, -0.2) is 9.37 Å². The van der Waals surface area contributed by atoms with Crippen molar-refractivity contribution in [2.24, 2.45) is 5.92 Å². The Morgan fingerprint density at radius 2 is 2.12 bits per heavy atom. The highest BCUT2D eigenvalue weighted by Gasteiger charge is 2.13. The number of rotatable bonds is 6. The number of hydrogen-bond donors (Lipinski definition) is 1. The molecule has 0 saturated heterocycles. The monoisotopic (exact) mass is 377 g/mol. The lowest BCUT2D eigenvalue weighted by molar-refractivity contribution is 0.502. The smallest absolute Gasteiger partial charge is 0.283 e. The van der Waals surface area contributed by atoms with Crippen LogP contribution < -0.4 is 10.9 Å². The molecule has 9 heteroatoms. The second kappa shape index (κ2) is 7.75. The molecule has 6 nitrogen and oxygen atoms in total. The maximum Gasteiger partial charge on any atom is 0.283 e. The fourth-order valence-corrected chi connectivity index (χ4v) is 3.79. The van der Waals surface area contributed by atoms with Gasteiger partial charge in [0, 0.05) is 18.9 Å². The summed E-state index contributed by atoms with van der Waals surface area (Å²) in [6.45, 7) is 4.72. The van der Waals surface area contributed by atoms with Gasteiger partial charge in [-0.15, -0.1) is 10.2 Å². The molecule has 1 aromatic carbocycles. The van der Waals surface area contributed by atoms with Crippen molar-refractivity contribution in [3.63, 3.8) is 0 Å². The molecule has 0 aliphatic rings. The molecule has 0 atom stereocenters. The van der Waals surface area contributed by atoms with Crippen molar-refractivity contribution in [1.82, 2.24) is 19.7 Å². The van der Waals surface area contributed by atoms with Crippen molar-refractivity contribution < 1.29 is 4.39 Å². The first-order valence-corrected chi connectivity index (χ1v) is 9.24. The second-order valence-electron chi connectivity index (χ2n) is 5.66. The van der Waals surface area contributed by atoms with Crippen LogP contribution in [0.4, 0.5) is 15.2 Å². The first-order chi connectivity index (χ1) is 12.0. The normalized spacial score (nSPS) is 11.0. The van der Waals surface area contributed by atoms with E-state index < -0.39 is 0 Å². The predicted molar refractivity (Wildman–Crippen MR) is 97.0 cm³/mol. The third-order valence-electron chi connectivity index (χ3n) is 3.15. The van der Waals surface area contributed by atoms with Gasteiger partial charge >= 0.3 is 0 Å². The molecule has 3 rings (SSSR count). The summed E-state index contributed by atoms with van der Waals surface area (Å²) >= 11 is 2.39. The Labute approximate surface area is 152 Å². The van der Waals surface area contributed by atoms with E-state index in [0.29, 0.717) is 32.6 Å². The molecule has 0 spiro atoms. The fourth-order valence-electron chi connectivity index (χ4n) is 2.10. The van der Waals surface area contributed by atoms with Gasteiger partial charge in [-0.05, 0) is 29.8 Å². The average molecular weight is 377 g/mol. The van der Waals surface area contributed by atoms with Crippen LogP contribution in [0.15, 0.2) is 50.8 Å². The maximum atomic E-state index is 13.7. The molecule has 0 fully saturated rings. The first kappa shape index (κ1) is 17.6. The summed E-state index contributed by atoms with van der Waals surface area (Å²) in [7, 11) is 0. The summed E-state index contributed by atoms with van der Waals surface area (Å²) in [4.78, 5) is 16.6. The number of benzene rings is 1. The van der Waals surface area contributed by atoms with Gasteiger partial charge in [0.2, 0.25) is 5.13 Å². The second-order valence-corrected chi connectivity index (χ2v) is 7.88. The van der Waals surface area contributed by atoms with Crippen molar-refractivity contribution in [1.29, 1.82) is 0 Å². The summed E-state index contributed by atoms with van der Waals surface area (Å²) in [5.74, 6) is -0.00995. The Kier molecular flexibility index (Phi) is 5.44. The molecule has 2 aromatic heterocycles. The molecule has 3 aromatic rings. The third kappa shape index (κ3) is 4.43. The summed E-state index contributed by atoms with van der Waals surface area (Å²) in [5, 5.41) is 11.7. The number of aromatic nitrogens is 4. The van der Waals surface area contributed by atoms with E-state index in [-0.39, 0.29) is 11.4 Å². The number of halogens is 1. The van der Waals surface area contributed by atoms with E-state index in [4.69, 9.17) is 0 Å². The highest BCUT2D eigenvalue weighted by atomic mass is 32.2. The van der Waals surface area contributed by atoms with Crippen molar-refractivity contribution in [3.8, 4) is 0 Å². The van der Waals surface area contributed by atoms with Gasteiger partial charge in [-0.1, -0.05) is 37.3 Å². The summed E-state index contributed by atoms with van der Waals surface area (Å²) in [6, 6.07) is 6.33. The predicted octanol–water partition coefficient (Wildman–Crippen LogP) is 3.78. The zero-order valence-corrected chi connectivity index (χ0v) is 15.3. The van der Waals surface area contributed by atoms with Gasteiger partial charge in [0.1, 0.15) is 5.82 Å². The molecule has 0 radical (unpaired) electrons. The molecule has 0 bridgehead atoms. The Balaban J connectivity index is 1.76. The Hall–Kier alpha value is -2.26. The van der Waals surface area contributed by atoms with Crippen LogP contribution in [0.2, 0.25) is 0 Å². The van der Waals surface area contributed by atoms with E-state index in [2.05, 4.69) is 20.5 Å². The third-order valence-corrected chi connectivity index (χ3v) is 5.01. The van der Waals surface area contributed by atoms with Crippen LogP contribution in [0.1, 0.15) is 13.8 Å². The van der Waals surface area contributed by atoms with Crippen LogP contribution >= 0.6 is 23.1 Å². The zero-order chi connectivity index (χ0) is 17.8. The van der Waals surface area contributed by atoms with Crippen molar-refractivity contribution in [2.45, 2.75) is 29.8 Å². The number of nitrogens with zero attached hydrogens (tertiary/aromatic N) is 4. The van der Waals surface area contributed by atoms with E-state index in [0.717, 1.165) is 11.8 Å². The highest BCUT2D eigenvalue weighted by Crippen LogP contribution is 2.31. The van der Waals surface area contributed by atoms with Crippen molar-refractivity contribution >= 4 is 33.9 Å². The van der Waals surface area contributed by atoms with Crippen LogP contribution in [0.5, 0.6) is 0 Å². The van der Waals surface area contributed by atoms with Gasteiger partial charge in [-0.3, -0.25) is 4.79 Å². The average Bonchev–Trinajstić information content (AvgIpc) is 3.00. The Bertz CT molecular complexity index is 925. The van der Waals surface area contributed by atoms with Crippen LogP contribution in [-0.2, 0) is 6.54 Å². The van der Waals surface area contributed by atoms with E-state index in [1.807, 2.05) is 13.8 Å². The Morgan fingerprint density at radius 1 is 1.32 bits per heavy atom. The topological polar surface area (TPSA) is 72.7 Å². The molecule has 130 valence electrons. The lowest BCUT2D eigenvalue weighted by atomic mass is 10.2. The maximum absolute atomic E-state index is 13.7. The molecule has 0 unspecified atom stereocenters. The lowest BCUT2D eigenvalue weighted by Gasteiger charge is -2.08. The minimum atomic E-state index is -0.367. The number of anilines is 2. The van der Waals surface area contributed by atoms with Crippen molar-refractivity contribution in [2.75, 3.05) is 5.32 Å². The molecule has 25 heavy (non-hydrogen) atoms. The molecule has 0 aliphatic carbocycles. The lowest BCUT2D eigenvalue weighted by Crippen LogP contribution is -2.23. The molecule has 0 aliphatic heterocycles. The SMILES string of the molecule is CC(C)Cn1ccnc(Sc2nnc(Nc3ccccc3F)s2)c1=O. The molecule has 0 amide bonds. The molecule has 0 saturated carbocycles. The van der Waals surface area contributed by atoms with E-state index in [1.54, 1.807) is 35.2 Å². The molecular formula is C16H16FN5OS2. The molecular weight excluding hydrogens is 361 g/mol. The van der Waals surface area contributed by atoms with Crippen molar-refractivity contribution in [3.05, 3.63) is 52.8 Å². The van der Waals surface area contributed by atoms with Gasteiger partial charge in [0.15, 0.2) is 9.37 Å². The number of nitrogens with one attached hydrogen (secondary N) is 1. The van der Waals surface area contributed by atoms with Gasteiger partial charge in [0.05, 0.1) is 5.69 Å². The van der Waals surface area contributed by atoms with Gasteiger partial charge < -0.3 is 9.88 Å². The van der Waals surface area contributed by atoms with E-state index in [9.17, 15) is 9.18 Å². The minimum absolute atomic E-state index is 0.153. The highest BCUT2D eigenvalue weighted by molar-refractivity contribution is 8.01. The fraction of sp³-hybridized carbons (Fsp3) is 0.250. The summed E-state index contributed by atoms with van der Waals surface area (Å²) in [6.07, 6.45) is 3.28. The summed E-state index contributed by atoms with van der Waals surface area (Å²) in [5.41, 5.74) is 0.173. The standard InChI is InChI=1S/C16H16FN5OS2/c1-10(2)9-22-8-7-18-13(14(22)23)24-16-21-20-15(25-16)19-12-6-4-3-5-11(12)17/h3-8,10H,9H2,1-2H3,(H,19,20). The van der Waals surface area contributed by atoms with Crippen LogP contribution in [0, 0.1) is 11.7 Å². The minimum Gasteiger partial charge on any atom is -0.328 e. The largest absolute Gasteiger partial charge is 0.328 e. The Morgan fingerprint density at radius 3 is 2.88 bits per heavy atom. The molecule has 1 N–H and O–H groups in total. The van der Waals surface area contributed by atoms with Crippen LogP contribution in [-0.4, -0.2) is 19.7 Å². The van der Waals surface area contributed by atoms with Gasteiger partial charge in [0.25, 0.3) is 5.56 Å². The summed E-state index contributed by atoms with van der Waals surface area (Å²) < 4.78 is 15.9. The number of hydrogen-bond acceptors (Lipinski definition) is 7. The van der Waals surface area contributed by atoms with Gasteiger partial charge in [-0.2, -0.15) is 0 Å². The van der Waals surface area contributed by atoms with Crippen LogP contribution in [0.25, 0.3) is 0 Å². The number of para-hydroxylation sites is 1. The quantitative estimate of drug-likeness (QED) is 0.705. The first-order valence-electron chi connectivity index (χ1n) is 7.61. The van der Waals surface area contributed by atoms with Crippen LogP contribution in [0.3, 0.4) is 0 Å². The molecule has 2 heterocycles. The zero-order valence-electron chi connectivity index (χ0n) is 13.6. The van der Waals surface area contributed by atoms with E-state index in [1.165, 1.54) is 17.4 Å².